The normalized spacial score (nSPS) is 53.9. The van der Waals surface area contributed by atoms with Gasteiger partial charge in [0.25, 0.3) is 0 Å². The second-order valence-electron chi connectivity index (χ2n) is 8.36. The highest BCUT2D eigenvalue weighted by Gasteiger charge is 2.54. The first-order chi connectivity index (χ1) is 9.53. The fourth-order valence-corrected chi connectivity index (χ4v) is 6.16. The Hall–Kier alpha value is -0.560. The summed E-state index contributed by atoms with van der Waals surface area (Å²) in [5.74, 6) is 2.46. The summed E-state index contributed by atoms with van der Waals surface area (Å²) >= 11 is 0. The average Bonchev–Trinajstić information content (AvgIpc) is 2.81. The fourth-order valence-electron chi connectivity index (χ4n) is 6.16. The molecule has 0 aromatic rings. The zero-order valence-corrected chi connectivity index (χ0v) is 12.9. The third-order valence-corrected chi connectivity index (χ3v) is 7.44. The molecule has 0 spiro atoms. The second-order valence-corrected chi connectivity index (χ2v) is 8.36. The van der Waals surface area contributed by atoms with Gasteiger partial charge in [0, 0.05) is 5.41 Å². The zero-order valence-electron chi connectivity index (χ0n) is 12.9. The Kier molecular flexibility index (Phi) is 2.77. The van der Waals surface area contributed by atoms with Gasteiger partial charge in [0.05, 0.1) is 6.10 Å². The monoisotopic (exact) mass is 272 g/mol. The van der Waals surface area contributed by atoms with Crippen LogP contribution in [-0.4, -0.2) is 11.2 Å². The number of fused-ring (bicyclic) bond motifs is 5. The Labute approximate surface area is 123 Å². The van der Waals surface area contributed by atoms with E-state index in [-0.39, 0.29) is 6.10 Å². The first-order valence-corrected chi connectivity index (χ1v) is 8.61. The summed E-state index contributed by atoms with van der Waals surface area (Å²) in [7, 11) is 0. The van der Waals surface area contributed by atoms with Gasteiger partial charge >= 0.3 is 0 Å². The van der Waals surface area contributed by atoms with E-state index in [1.165, 1.54) is 32.1 Å². The topological polar surface area (TPSA) is 20.2 Å². The maximum absolute atomic E-state index is 10.0. The third kappa shape index (κ3) is 1.65. The Bertz CT molecular complexity index is 476. The predicted octanol–water partition coefficient (Wildman–Crippen LogP) is 4.48. The molecule has 110 valence electrons. The molecule has 0 radical (unpaired) electrons. The summed E-state index contributed by atoms with van der Waals surface area (Å²) in [4.78, 5) is 0. The van der Waals surface area contributed by atoms with Gasteiger partial charge in [-0.3, -0.25) is 0 Å². The number of aliphatic hydroxyl groups excluding tert-OH is 1. The van der Waals surface area contributed by atoms with Gasteiger partial charge in [0.15, 0.2) is 0 Å². The van der Waals surface area contributed by atoms with Crippen molar-refractivity contribution in [2.45, 2.75) is 64.9 Å². The van der Waals surface area contributed by atoms with E-state index in [4.69, 9.17) is 0 Å². The Morgan fingerprint density at radius 3 is 2.80 bits per heavy atom. The van der Waals surface area contributed by atoms with Crippen molar-refractivity contribution in [3.05, 3.63) is 23.8 Å². The minimum Gasteiger partial charge on any atom is -0.393 e. The molecular formula is C19H28O. The van der Waals surface area contributed by atoms with E-state index in [1.807, 2.05) is 0 Å². The van der Waals surface area contributed by atoms with E-state index < -0.39 is 0 Å². The van der Waals surface area contributed by atoms with Crippen LogP contribution in [0, 0.1) is 28.6 Å². The lowest BCUT2D eigenvalue weighted by atomic mass is 9.46. The summed E-state index contributed by atoms with van der Waals surface area (Å²) in [6.45, 7) is 4.99. The van der Waals surface area contributed by atoms with Crippen molar-refractivity contribution in [2.75, 3.05) is 0 Å². The summed E-state index contributed by atoms with van der Waals surface area (Å²) in [5, 5.41) is 10.0. The van der Waals surface area contributed by atoms with Crippen LogP contribution in [0.4, 0.5) is 0 Å². The molecule has 3 saturated carbocycles. The number of hydrogen-bond donors (Lipinski definition) is 1. The van der Waals surface area contributed by atoms with Crippen molar-refractivity contribution in [3.8, 4) is 0 Å². The second kappa shape index (κ2) is 4.22. The molecule has 1 nitrogen and oxygen atoms in total. The van der Waals surface area contributed by atoms with Crippen molar-refractivity contribution in [1.82, 2.24) is 0 Å². The minimum atomic E-state index is -0.0224. The van der Waals surface area contributed by atoms with E-state index in [9.17, 15) is 5.11 Å². The minimum absolute atomic E-state index is 0.0224. The molecule has 20 heavy (non-hydrogen) atoms. The van der Waals surface area contributed by atoms with Gasteiger partial charge in [-0.2, -0.15) is 0 Å². The first-order valence-electron chi connectivity index (χ1n) is 8.61. The van der Waals surface area contributed by atoms with Gasteiger partial charge < -0.3 is 5.11 Å². The molecule has 1 heteroatoms. The quantitative estimate of drug-likeness (QED) is 0.689. The molecule has 0 bridgehead atoms. The van der Waals surface area contributed by atoms with Crippen LogP contribution in [0.3, 0.4) is 0 Å². The molecule has 6 unspecified atom stereocenters. The van der Waals surface area contributed by atoms with Gasteiger partial charge in [-0.05, 0) is 68.1 Å². The van der Waals surface area contributed by atoms with Crippen LogP contribution in [0.25, 0.3) is 0 Å². The van der Waals surface area contributed by atoms with E-state index >= 15 is 0 Å². The molecule has 4 aliphatic rings. The van der Waals surface area contributed by atoms with Crippen LogP contribution in [0.2, 0.25) is 0 Å². The molecular weight excluding hydrogens is 244 g/mol. The molecule has 4 aliphatic carbocycles. The van der Waals surface area contributed by atoms with Gasteiger partial charge in [0.2, 0.25) is 0 Å². The SMILES string of the molecule is CC12C=CC=C1C1CCC3CC(O)CCC3(C)C1CC2. The highest BCUT2D eigenvalue weighted by Crippen LogP contribution is 2.63. The third-order valence-electron chi connectivity index (χ3n) is 7.44. The summed E-state index contributed by atoms with van der Waals surface area (Å²) < 4.78 is 0. The standard InChI is InChI=1S/C19H28O/c1-18-9-3-4-16(18)15-6-5-13-12-14(20)7-11-19(13,2)17(15)8-10-18/h3-4,9,13-15,17,20H,5-8,10-12H2,1-2H3. The molecule has 0 amide bonds. The molecule has 6 atom stereocenters. The van der Waals surface area contributed by atoms with Crippen molar-refractivity contribution < 1.29 is 5.11 Å². The van der Waals surface area contributed by atoms with E-state index in [0.29, 0.717) is 10.8 Å². The van der Waals surface area contributed by atoms with E-state index in [0.717, 1.165) is 30.6 Å². The van der Waals surface area contributed by atoms with Crippen molar-refractivity contribution >= 4 is 0 Å². The lowest BCUT2D eigenvalue weighted by Gasteiger charge is -2.58. The molecule has 0 saturated heterocycles. The number of hydrogen-bond acceptors (Lipinski definition) is 1. The van der Waals surface area contributed by atoms with Gasteiger partial charge in [-0.15, -0.1) is 0 Å². The van der Waals surface area contributed by atoms with Crippen LogP contribution < -0.4 is 0 Å². The Morgan fingerprint density at radius 2 is 1.95 bits per heavy atom. The zero-order chi connectivity index (χ0) is 14.0. The molecule has 0 aromatic heterocycles. The molecule has 3 fully saturated rings. The van der Waals surface area contributed by atoms with Gasteiger partial charge in [-0.1, -0.05) is 37.6 Å². The molecule has 4 rings (SSSR count). The summed E-state index contributed by atoms with van der Waals surface area (Å²) in [6.07, 6.45) is 15.9. The lowest BCUT2D eigenvalue weighted by molar-refractivity contribution is -0.0789. The van der Waals surface area contributed by atoms with E-state index in [2.05, 4.69) is 32.1 Å². The van der Waals surface area contributed by atoms with Crippen LogP contribution in [0.1, 0.15) is 58.8 Å². The Balaban J connectivity index is 1.66. The van der Waals surface area contributed by atoms with Crippen LogP contribution in [0.5, 0.6) is 0 Å². The van der Waals surface area contributed by atoms with Crippen LogP contribution in [-0.2, 0) is 0 Å². The summed E-state index contributed by atoms with van der Waals surface area (Å²) in [5.41, 5.74) is 2.60. The fraction of sp³-hybridized carbons (Fsp3) is 0.789. The predicted molar refractivity (Wildman–Crippen MR) is 82.2 cm³/mol. The number of rotatable bonds is 0. The largest absolute Gasteiger partial charge is 0.393 e. The number of aliphatic hydroxyl groups is 1. The average molecular weight is 272 g/mol. The maximum atomic E-state index is 10.0. The van der Waals surface area contributed by atoms with Crippen molar-refractivity contribution in [3.63, 3.8) is 0 Å². The molecule has 0 aromatic carbocycles. The highest BCUT2D eigenvalue weighted by atomic mass is 16.3. The smallest absolute Gasteiger partial charge is 0.0543 e. The number of allylic oxidation sites excluding steroid dienone is 4. The summed E-state index contributed by atoms with van der Waals surface area (Å²) in [6, 6.07) is 0. The van der Waals surface area contributed by atoms with E-state index in [1.54, 1.807) is 5.57 Å². The first kappa shape index (κ1) is 13.1. The van der Waals surface area contributed by atoms with Crippen LogP contribution in [0.15, 0.2) is 23.8 Å². The lowest BCUT2D eigenvalue weighted by Crippen LogP contribution is -2.51. The molecule has 0 heterocycles. The van der Waals surface area contributed by atoms with Gasteiger partial charge in [0.1, 0.15) is 0 Å². The maximum Gasteiger partial charge on any atom is 0.0543 e. The van der Waals surface area contributed by atoms with Crippen LogP contribution >= 0.6 is 0 Å². The van der Waals surface area contributed by atoms with Crippen molar-refractivity contribution in [1.29, 1.82) is 0 Å². The van der Waals surface area contributed by atoms with Gasteiger partial charge in [-0.25, -0.2) is 0 Å². The molecule has 1 N–H and O–H groups in total. The highest BCUT2D eigenvalue weighted by molar-refractivity contribution is 5.37. The Morgan fingerprint density at radius 1 is 1.10 bits per heavy atom. The van der Waals surface area contributed by atoms with Crippen molar-refractivity contribution in [2.24, 2.45) is 28.6 Å². The molecule has 0 aliphatic heterocycles.